The molecule has 0 unspecified atom stereocenters. The fraction of sp³-hybridized carbons (Fsp3) is 0.409. The molecule has 3 aliphatic rings. The number of benzene rings is 2. The van der Waals surface area contributed by atoms with E-state index in [2.05, 4.69) is 17.0 Å². The predicted molar refractivity (Wildman–Crippen MR) is 102 cm³/mol. The second-order valence-electron chi connectivity index (χ2n) is 7.67. The van der Waals surface area contributed by atoms with E-state index in [0.29, 0.717) is 24.8 Å². The van der Waals surface area contributed by atoms with Gasteiger partial charge in [-0.15, -0.1) is 0 Å². The molecular formula is C22H23FN2O3. The summed E-state index contributed by atoms with van der Waals surface area (Å²) in [4.78, 5) is 17.3. The van der Waals surface area contributed by atoms with Gasteiger partial charge in [0, 0.05) is 37.3 Å². The molecule has 2 saturated heterocycles. The van der Waals surface area contributed by atoms with Crippen LogP contribution in [-0.2, 0) is 6.54 Å². The monoisotopic (exact) mass is 382 g/mol. The number of ether oxygens (including phenoxy) is 2. The molecule has 5 rings (SSSR count). The third kappa shape index (κ3) is 3.11. The van der Waals surface area contributed by atoms with Gasteiger partial charge in [-0.05, 0) is 48.7 Å². The molecule has 2 aromatic rings. The topological polar surface area (TPSA) is 42.0 Å². The standard InChI is InChI=1S/C22H23FN2O3/c23-17-3-1-2-16(13-17)22(26)25-9-7-18-19(25)6-8-24(18)14-15-4-5-20-21(12-15)28-11-10-27-20/h1-5,12-13,18-19H,6-11,14H2/t18-,19-/m0/s1. The summed E-state index contributed by atoms with van der Waals surface area (Å²) in [6.07, 6.45) is 1.91. The van der Waals surface area contributed by atoms with Crippen LogP contribution in [0, 0.1) is 5.82 Å². The van der Waals surface area contributed by atoms with Gasteiger partial charge in [-0.3, -0.25) is 9.69 Å². The van der Waals surface area contributed by atoms with Gasteiger partial charge in [-0.25, -0.2) is 4.39 Å². The Balaban J connectivity index is 1.29. The van der Waals surface area contributed by atoms with Crippen molar-refractivity contribution >= 4 is 5.91 Å². The number of fused-ring (bicyclic) bond motifs is 2. The largest absolute Gasteiger partial charge is 0.486 e. The number of hydrogen-bond donors (Lipinski definition) is 0. The third-order valence-electron chi connectivity index (χ3n) is 6.02. The number of hydrogen-bond acceptors (Lipinski definition) is 4. The van der Waals surface area contributed by atoms with Crippen molar-refractivity contribution in [2.24, 2.45) is 0 Å². The van der Waals surface area contributed by atoms with E-state index in [1.54, 1.807) is 12.1 Å². The lowest BCUT2D eigenvalue weighted by molar-refractivity contribution is 0.0731. The second-order valence-corrected chi connectivity index (χ2v) is 7.67. The van der Waals surface area contributed by atoms with Crippen LogP contribution in [0.2, 0.25) is 0 Å². The quantitative estimate of drug-likeness (QED) is 0.818. The van der Waals surface area contributed by atoms with E-state index in [1.807, 2.05) is 11.0 Å². The highest BCUT2D eigenvalue weighted by Crippen LogP contribution is 2.35. The summed E-state index contributed by atoms with van der Waals surface area (Å²) in [6, 6.07) is 12.7. The molecule has 28 heavy (non-hydrogen) atoms. The van der Waals surface area contributed by atoms with E-state index in [0.717, 1.165) is 44.0 Å². The second kappa shape index (κ2) is 7.09. The maximum Gasteiger partial charge on any atom is 0.254 e. The Morgan fingerprint density at radius 3 is 2.68 bits per heavy atom. The van der Waals surface area contributed by atoms with Gasteiger partial charge >= 0.3 is 0 Å². The molecule has 3 aliphatic heterocycles. The van der Waals surface area contributed by atoms with Crippen molar-refractivity contribution in [3.05, 3.63) is 59.4 Å². The van der Waals surface area contributed by atoms with Crippen LogP contribution in [-0.4, -0.2) is 54.1 Å². The van der Waals surface area contributed by atoms with Gasteiger partial charge in [0.25, 0.3) is 5.91 Å². The molecule has 0 saturated carbocycles. The summed E-state index contributed by atoms with van der Waals surface area (Å²) < 4.78 is 24.8. The first-order chi connectivity index (χ1) is 13.7. The maximum atomic E-state index is 13.5. The van der Waals surface area contributed by atoms with Crippen LogP contribution in [0.1, 0.15) is 28.8 Å². The average Bonchev–Trinajstić information content (AvgIpc) is 3.30. The molecule has 2 atom stereocenters. The maximum absolute atomic E-state index is 13.5. The van der Waals surface area contributed by atoms with Gasteiger partial charge in [-0.1, -0.05) is 12.1 Å². The van der Waals surface area contributed by atoms with Crippen molar-refractivity contribution in [2.75, 3.05) is 26.3 Å². The lowest BCUT2D eigenvalue weighted by Gasteiger charge is -2.26. The van der Waals surface area contributed by atoms with Gasteiger partial charge < -0.3 is 14.4 Å². The van der Waals surface area contributed by atoms with Gasteiger partial charge in [0.2, 0.25) is 0 Å². The van der Waals surface area contributed by atoms with Crippen molar-refractivity contribution in [2.45, 2.75) is 31.5 Å². The molecule has 0 aliphatic carbocycles. The van der Waals surface area contributed by atoms with E-state index in [4.69, 9.17) is 9.47 Å². The van der Waals surface area contributed by atoms with E-state index in [-0.39, 0.29) is 17.8 Å². The smallest absolute Gasteiger partial charge is 0.254 e. The molecule has 2 fully saturated rings. The zero-order valence-electron chi connectivity index (χ0n) is 15.6. The molecule has 3 heterocycles. The Labute approximate surface area is 163 Å². The highest BCUT2D eigenvalue weighted by Gasteiger charge is 2.44. The molecule has 5 nitrogen and oxygen atoms in total. The Hall–Kier alpha value is -2.60. The SMILES string of the molecule is O=C(c1cccc(F)c1)N1CC[C@H]2[C@@H]1CCN2Cc1ccc2c(c1)OCCO2. The number of carbonyl (C=O) groups is 1. The van der Waals surface area contributed by atoms with Crippen molar-refractivity contribution in [1.82, 2.24) is 9.80 Å². The summed E-state index contributed by atoms with van der Waals surface area (Å²) in [5, 5.41) is 0. The first kappa shape index (κ1) is 17.5. The molecule has 0 N–H and O–H groups in total. The summed E-state index contributed by atoms with van der Waals surface area (Å²) >= 11 is 0. The lowest BCUT2D eigenvalue weighted by Crippen LogP contribution is -2.39. The molecule has 1 amide bonds. The number of halogens is 1. The molecule has 0 radical (unpaired) electrons. The van der Waals surface area contributed by atoms with Crippen LogP contribution in [0.4, 0.5) is 4.39 Å². The van der Waals surface area contributed by atoms with Crippen molar-refractivity contribution in [3.8, 4) is 11.5 Å². The van der Waals surface area contributed by atoms with Crippen LogP contribution in [0.5, 0.6) is 11.5 Å². The minimum absolute atomic E-state index is 0.0619. The minimum Gasteiger partial charge on any atom is -0.486 e. The Morgan fingerprint density at radius 1 is 1.00 bits per heavy atom. The Kier molecular flexibility index (Phi) is 4.43. The van der Waals surface area contributed by atoms with Crippen molar-refractivity contribution in [3.63, 3.8) is 0 Å². The normalized spacial score (nSPS) is 23.7. The van der Waals surface area contributed by atoms with Crippen LogP contribution in [0.3, 0.4) is 0 Å². The number of amides is 1. The first-order valence-electron chi connectivity index (χ1n) is 9.88. The molecule has 6 heteroatoms. The minimum atomic E-state index is -0.367. The molecule has 2 aromatic carbocycles. The lowest BCUT2D eigenvalue weighted by atomic mass is 10.1. The number of rotatable bonds is 3. The van der Waals surface area contributed by atoms with Crippen LogP contribution >= 0.6 is 0 Å². The van der Waals surface area contributed by atoms with E-state index in [9.17, 15) is 9.18 Å². The van der Waals surface area contributed by atoms with Gasteiger partial charge in [-0.2, -0.15) is 0 Å². The number of likely N-dealkylation sites (tertiary alicyclic amines) is 2. The molecule has 146 valence electrons. The third-order valence-corrected chi connectivity index (χ3v) is 6.02. The van der Waals surface area contributed by atoms with Crippen LogP contribution in [0.25, 0.3) is 0 Å². The summed E-state index contributed by atoms with van der Waals surface area (Å²) in [5.41, 5.74) is 1.63. The molecule has 0 bridgehead atoms. The van der Waals surface area contributed by atoms with Crippen molar-refractivity contribution < 1.29 is 18.7 Å². The fourth-order valence-corrected chi connectivity index (χ4v) is 4.73. The van der Waals surface area contributed by atoms with E-state index < -0.39 is 0 Å². The molecular weight excluding hydrogens is 359 g/mol. The highest BCUT2D eigenvalue weighted by molar-refractivity contribution is 5.94. The fourth-order valence-electron chi connectivity index (χ4n) is 4.73. The Bertz CT molecular complexity index is 903. The first-order valence-corrected chi connectivity index (χ1v) is 9.88. The number of nitrogens with zero attached hydrogens (tertiary/aromatic N) is 2. The van der Waals surface area contributed by atoms with Crippen LogP contribution in [0.15, 0.2) is 42.5 Å². The Morgan fingerprint density at radius 2 is 1.82 bits per heavy atom. The summed E-state index contributed by atoms with van der Waals surface area (Å²) in [6.45, 7) is 3.69. The molecule has 0 aromatic heterocycles. The van der Waals surface area contributed by atoms with E-state index in [1.165, 1.54) is 17.7 Å². The van der Waals surface area contributed by atoms with Gasteiger partial charge in [0.1, 0.15) is 19.0 Å². The summed E-state index contributed by atoms with van der Waals surface area (Å²) in [5.74, 6) is 1.19. The zero-order valence-corrected chi connectivity index (χ0v) is 15.6. The molecule has 0 spiro atoms. The zero-order chi connectivity index (χ0) is 19.1. The number of carbonyl (C=O) groups excluding carboxylic acids is 1. The predicted octanol–water partition coefficient (Wildman–Crippen LogP) is 3.09. The van der Waals surface area contributed by atoms with Gasteiger partial charge in [0.05, 0.1) is 0 Å². The summed E-state index contributed by atoms with van der Waals surface area (Å²) in [7, 11) is 0. The van der Waals surface area contributed by atoms with Crippen LogP contribution < -0.4 is 9.47 Å². The van der Waals surface area contributed by atoms with Gasteiger partial charge in [0.15, 0.2) is 11.5 Å². The highest BCUT2D eigenvalue weighted by atomic mass is 19.1. The van der Waals surface area contributed by atoms with Crippen molar-refractivity contribution in [1.29, 1.82) is 0 Å². The van der Waals surface area contributed by atoms with E-state index >= 15 is 0 Å². The average molecular weight is 382 g/mol.